The molecule has 0 fully saturated rings. The van der Waals surface area contributed by atoms with Gasteiger partial charge in [-0.05, 0) is 42.0 Å². The summed E-state index contributed by atoms with van der Waals surface area (Å²) in [6.07, 6.45) is 1.20. The minimum absolute atomic E-state index is 0.110. The van der Waals surface area contributed by atoms with Gasteiger partial charge in [0.2, 0.25) is 0 Å². The summed E-state index contributed by atoms with van der Waals surface area (Å²) in [5.41, 5.74) is 2.10. The molecule has 1 heterocycles. The minimum Gasteiger partial charge on any atom is -0.497 e. The van der Waals surface area contributed by atoms with Crippen molar-refractivity contribution in [2.24, 2.45) is 0 Å². The van der Waals surface area contributed by atoms with E-state index in [1.54, 1.807) is 7.11 Å². The summed E-state index contributed by atoms with van der Waals surface area (Å²) in [6.45, 7) is 1.92. The van der Waals surface area contributed by atoms with Gasteiger partial charge in [0.1, 0.15) is 5.75 Å². The van der Waals surface area contributed by atoms with Crippen LogP contribution in [0.15, 0.2) is 29.6 Å². The number of halogens is 1. The van der Waals surface area contributed by atoms with Gasteiger partial charge in [0, 0.05) is 6.42 Å². The molecular weight excluding hydrogens is 280 g/mol. The normalized spacial score (nSPS) is 10.5. The first-order valence-corrected chi connectivity index (χ1v) is 7.27. The Hall–Kier alpha value is -1.32. The maximum Gasteiger partial charge on any atom is 0.174 e. The molecule has 0 bridgehead atoms. The average Bonchev–Trinajstić information content (AvgIpc) is 2.77. The summed E-state index contributed by atoms with van der Waals surface area (Å²) in [5.74, 6) is 0.936. The van der Waals surface area contributed by atoms with Crippen LogP contribution in [0, 0.1) is 6.92 Å². The van der Waals surface area contributed by atoms with Crippen LogP contribution in [-0.2, 0) is 6.42 Å². The van der Waals surface area contributed by atoms with Gasteiger partial charge in [0.05, 0.1) is 17.0 Å². The van der Waals surface area contributed by atoms with Crippen LogP contribution in [0.4, 0.5) is 0 Å². The Bertz CT molecular complexity index is 572. The van der Waals surface area contributed by atoms with Gasteiger partial charge < -0.3 is 4.74 Å². The van der Waals surface area contributed by atoms with Crippen LogP contribution in [0.5, 0.6) is 5.75 Å². The van der Waals surface area contributed by atoms with Crippen molar-refractivity contribution >= 4 is 28.7 Å². The molecule has 19 heavy (non-hydrogen) atoms. The minimum atomic E-state index is 0.110. The van der Waals surface area contributed by atoms with E-state index >= 15 is 0 Å². The van der Waals surface area contributed by atoms with Crippen LogP contribution >= 0.6 is 22.9 Å². The van der Waals surface area contributed by atoms with Gasteiger partial charge >= 0.3 is 0 Å². The maximum atomic E-state index is 12.1. The first-order valence-electron chi connectivity index (χ1n) is 6.01. The van der Waals surface area contributed by atoms with E-state index in [-0.39, 0.29) is 5.78 Å². The zero-order valence-corrected chi connectivity index (χ0v) is 12.5. The molecule has 0 unspecified atom stereocenters. The second kappa shape index (κ2) is 6.22. The smallest absolute Gasteiger partial charge is 0.174 e. The Morgan fingerprint density at radius 2 is 2.00 bits per heavy atom. The largest absolute Gasteiger partial charge is 0.497 e. The number of hydrogen-bond donors (Lipinski definition) is 0. The monoisotopic (exact) mass is 294 g/mol. The Labute approximate surface area is 122 Å². The molecule has 0 N–H and O–H groups in total. The van der Waals surface area contributed by atoms with Crippen LogP contribution in [0.2, 0.25) is 5.02 Å². The number of rotatable bonds is 5. The second-order valence-corrected chi connectivity index (χ2v) is 5.59. The van der Waals surface area contributed by atoms with Crippen LogP contribution in [0.25, 0.3) is 0 Å². The fourth-order valence-electron chi connectivity index (χ4n) is 1.78. The summed E-state index contributed by atoms with van der Waals surface area (Å²) in [4.78, 5) is 12.8. The third kappa shape index (κ3) is 3.37. The number of carbonyl (C=O) groups excluding carboxylic acids is 1. The molecular formula is C15H15ClO2S. The lowest BCUT2D eigenvalue weighted by Gasteiger charge is -2.03. The number of thiophene rings is 1. The molecule has 1 aromatic heterocycles. The first-order chi connectivity index (χ1) is 9.11. The standard InChI is InChI=1S/C15H15ClO2S/c1-10-9-19-15(14(10)16)13(17)8-5-11-3-6-12(18-2)7-4-11/h3-4,6-7,9H,5,8H2,1-2H3. The van der Waals surface area contributed by atoms with Gasteiger partial charge in [-0.3, -0.25) is 4.79 Å². The molecule has 0 spiro atoms. The van der Waals surface area contributed by atoms with Gasteiger partial charge in [-0.15, -0.1) is 11.3 Å². The number of ether oxygens (including phenoxy) is 1. The lowest BCUT2D eigenvalue weighted by molar-refractivity contribution is 0.0987. The predicted molar refractivity (Wildman–Crippen MR) is 79.7 cm³/mol. The molecule has 2 nitrogen and oxygen atoms in total. The van der Waals surface area contributed by atoms with Crippen LogP contribution < -0.4 is 4.74 Å². The van der Waals surface area contributed by atoms with Crippen LogP contribution in [-0.4, -0.2) is 12.9 Å². The molecule has 2 rings (SSSR count). The van der Waals surface area contributed by atoms with E-state index in [2.05, 4.69) is 0 Å². The zero-order valence-electron chi connectivity index (χ0n) is 10.9. The van der Waals surface area contributed by atoms with Gasteiger partial charge in [-0.2, -0.15) is 0 Å². The summed E-state index contributed by atoms with van der Waals surface area (Å²) >= 11 is 7.52. The van der Waals surface area contributed by atoms with E-state index in [1.807, 2.05) is 36.6 Å². The van der Waals surface area contributed by atoms with E-state index in [1.165, 1.54) is 11.3 Å². The maximum absolute atomic E-state index is 12.1. The Morgan fingerprint density at radius 3 is 2.53 bits per heavy atom. The number of Topliss-reactive ketones (excluding diaryl/α,β-unsaturated/α-hetero) is 1. The zero-order chi connectivity index (χ0) is 13.8. The Balaban J connectivity index is 1.98. The lowest BCUT2D eigenvalue weighted by atomic mass is 10.1. The molecule has 100 valence electrons. The molecule has 0 saturated heterocycles. The van der Waals surface area contributed by atoms with Crippen molar-refractivity contribution in [3.8, 4) is 5.75 Å². The number of ketones is 1. The van der Waals surface area contributed by atoms with Gasteiger partial charge in [-0.1, -0.05) is 23.7 Å². The van der Waals surface area contributed by atoms with E-state index in [9.17, 15) is 4.79 Å². The molecule has 0 aliphatic heterocycles. The third-order valence-corrected chi connectivity index (χ3v) is 4.69. The van der Waals surface area contributed by atoms with Gasteiger partial charge in [-0.25, -0.2) is 0 Å². The van der Waals surface area contributed by atoms with E-state index in [0.717, 1.165) is 23.3 Å². The summed E-state index contributed by atoms with van der Waals surface area (Å²) < 4.78 is 5.10. The van der Waals surface area contributed by atoms with Crippen LogP contribution in [0.1, 0.15) is 27.2 Å². The summed E-state index contributed by atoms with van der Waals surface area (Å²) in [5, 5.41) is 2.52. The molecule has 0 saturated carbocycles. The quantitative estimate of drug-likeness (QED) is 0.757. The highest BCUT2D eigenvalue weighted by molar-refractivity contribution is 7.13. The van der Waals surface area contributed by atoms with Crippen molar-refractivity contribution in [1.29, 1.82) is 0 Å². The Morgan fingerprint density at radius 1 is 1.32 bits per heavy atom. The van der Waals surface area contributed by atoms with Crippen molar-refractivity contribution in [3.05, 3.63) is 50.7 Å². The highest BCUT2D eigenvalue weighted by Gasteiger charge is 2.14. The highest BCUT2D eigenvalue weighted by atomic mass is 35.5. The molecule has 0 aliphatic carbocycles. The fourth-order valence-corrected chi connectivity index (χ4v) is 3.05. The molecule has 4 heteroatoms. The molecule has 2 aromatic rings. The van der Waals surface area contributed by atoms with Crippen LogP contribution in [0.3, 0.4) is 0 Å². The predicted octanol–water partition coefficient (Wildman–Crippen LogP) is 4.53. The molecule has 0 aliphatic rings. The SMILES string of the molecule is COc1ccc(CCC(=O)c2scc(C)c2Cl)cc1. The van der Waals surface area contributed by atoms with E-state index < -0.39 is 0 Å². The summed E-state index contributed by atoms with van der Waals surface area (Å²) in [6, 6.07) is 7.77. The fraction of sp³-hybridized carbons (Fsp3) is 0.267. The second-order valence-electron chi connectivity index (χ2n) is 4.33. The first kappa shape index (κ1) is 14.1. The van der Waals surface area contributed by atoms with Crippen molar-refractivity contribution in [1.82, 2.24) is 0 Å². The number of methoxy groups -OCH3 is 1. The average molecular weight is 295 g/mol. The number of aryl methyl sites for hydroxylation is 2. The lowest BCUT2D eigenvalue weighted by Crippen LogP contribution is -1.99. The van der Waals surface area contributed by atoms with E-state index in [4.69, 9.17) is 16.3 Å². The van der Waals surface area contributed by atoms with Gasteiger partial charge in [0.25, 0.3) is 0 Å². The summed E-state index contributed by atoms with van der Waals surface area (Å²) in [7, 11) is 1.64. The molecule has 0 radical (unpaired) electrons. The topological polar surface area (TPSA) is 26.3 Å². The molecule has 0 amide bonds. The van der Waals surface area contributed by atoms with Crippen molar-refractivity contribution < 1.29 is 9.53 Å². The highest BCUT2D eigenvalue weighted by Crippen LogP contribution is 2.28. The number of benzene rings is 1. The van der Waals surface area contributed by atoms with Crippen molar-refractivity contribution in [2.45, 2.75) is 19.8 Å². The van der Waals surface area contributed by atoms with Crippen molar-refractivity contribution in [2.75, 3.05) is 7.11 Å². The van der Waals surface area contributed by atoms with E-state index in [0.29, 0.717) is 16.3 Å². The number of hydrogen-bond acceptors (Lipinski definition) is 3. The number of carbonyl (C=O) groups is 1. The molecule has 0 atom stereocenters. The van der Waals surface area contributed by atoms with Crippen molar-refractivity contribution in [3.63, 3.8) is 0 Å². The Kier molecular flexibility index (Phi) is 4.61. The van der Waals surface area contributed by atoms with Gasteiger partial charge in [0.15, 0.2) is 5.78 Å². The molecule has 1 aromatic carbocycles. The third-order valence-electron chi connectivity index (χ3n) is 2.95.